The van der Waals surface area contributed by atoms with Crippen molar-refractivity contribution < 1.29 is 19.8 Å². The van der Waals surface area contributed by atoms with E-state index >= 15 is 0 Å². The summed E-state index contributed by atoms with van der Waals surface area (Å²) in [7, 11) is 1.78. The van der Waals surface area contributed by atoms with Gasteiger partial charge < -0.3 is 10.2 Å². The van der Waals surface area contributed by atoms with Crippen molar-refractivity contribution in [3.63, 3.8) is 0 Å². The van der Waals surface area contributed by atoms with Gasteiger partial charge in [0.1, 0.15) is 18.0 Å². The fraction of sp³-hybridized carbons (Fsp3) is 0.682. The number of aliphatic hydroxyl groups is 2. The van der Waals surface area contributed by atoms with Crippen LogP contribution in [0, 0.1) is 28.6 Å². The third-order valence-electron chi connectivity index (χ3n) is 8.28. The summed E-state index contributed by atoms with van der Waals surface area (Å²) >= 11 is 0. The van der Waals surface area contributed by atoms with Crippen LogP contribution in [0.1, 0.15) is 46.0 Å². The van der Waals surface area contributed by atoms with Crippen molar-refractivity contribution in [3.05, 3.63) is 23.8 Å². The molecule has 0 bridgehead atoms. The molecule has 5 nitrogen and oxygen atoms in total. The first-order valence-corrected chi connectivity index (χ1v) is 9.97. The van der Waals surface area contributed by atoms with Gasteiger partial charge in [0.05, 0.1) is 5.71 Å². The molecular weight excluding hydrogens is 342 g/mol. The van der Waals surface area contributed by atoms with Gasteiger partial charge in [-0.05, 0) is 49.7 Å². The van der Waals surface area contributed by atoms with Crippen molar-refractivity contribution in [2.45, 2.75) is 51.6 Å². The highest BCUT2D eigenvalue weighted by Gasteiger charge is 2.68. The number of fused-ring (bicyclic) bond motifs is 5. The summed E-state index contributed by atoms with van der Waals surface area (Å²) in [5.74, 6) is -0.239. The van der Waals surface area contributed by atoms with E-state index in [2.05, 4.69) is 24.1 Å². The molecule has 3 saturated carbocycles. The Balaban J connectivity index is 1.75. The molecule has 3 fully saturated rings. The van der Waals surface area contributed by atoms with E-state index in [1.54, 1.807) is 7.05 Å². The molecule has 0 unspecified atom stereocenters. The molecule has 0 aromatic carbocycles. The number of hydrogen-bond donors (Lipinski definition) is 2. The molecule has 0 aromatic heterocycles. The Kier molecular flexibility index (Phi) is 4.13. The second-order valence-corrected chi connectivity index (χ2v) is 9.26. The van der Waals surface area contributed by atoms with Crippen molar-refractivity contribution in [1.29, 1.82) is 0 Å². The monoisotopic (exact) mass is 371 g/mol. The third-order valence-corrected chi connectivity index (χ3v) is 8.28. The lowest BCUT2D eigenvalue weighted by Gasteiger charge is -2.56. The summed E-state index contributed by atoms with van der Waals surface area (Å²) in [6.07, 6.45) is 9.35. The average Bonchev–Trinajstić information content (AvgIpc) is 2.91. The number of carbonyl (C=O) groups excluding carboxylic acids is 2. The third kappa shape index (κ3) is 2.27. The molecule has 6 atom stereocenters. The Morgan fingerprint density at radius 2 is 2.07 bits per heavy atom. The predicted octanol–water partition coefficient (Wildman–Crippen LogP) is 2.27. The minimum Gasteiger partial charge on any atom is -0.388 e. The minimum atomic E-state index is -1.59. The highest BCUT2D eigenvalue weighted by atomic mass is 16.3. The Labute approximate surface area is 160 Å². The van der Waals surface area contributed by atoms with Gasteiger partial charge in [0.15, 0.2) is 5.78 Å². The maximum Gasteiger partial charge on any atom is 0.190 e. The van der Waals surface area contributed by atoms with E-state index in [0.717, 1.165) is 25.0 Å². The zero-order valence-electron chi connectivity index (χ0n) is 16.4. The second kappa shape index (κ2) is 5.95. The first-order valence-electron chi connectivity index (χ1n) is 9.97. The number of rotatable bonds is 2. The quantitative estimate of drug-likeness (QED) is 0.779. The highest BCUT2D eigenvalue weighted by Crippen LogP contribution is 2.66. The van der Waals surface area contributed by atoms with E-state index < -0.39 is 23.4 Å². The minimum absolute atomic E-state index is 0.114. The van der Waals surface area contributed by atoms with Gasteiger partial charge in [0.2, 0.25) is 0 Å². The zero-order chi connectivity index (χ0) is 19.6. The Hall–Kier alpha value is -1.59. The summed E-state index contributed by atoms with van der Waals surface area (Å²) in [6.45, 7) is 3.37. The van der Waals surface area contributed by atoms with Gasteiger partial charge in [-0.2, -0.15) is 0 Å². The Morgan fingerprint density at radius 1 is 1.33 bits per heavy atom. The van der Waals surface area contributed by atoms with Gasteiger partial charge in [0, 0.05) is 30.2 Å². The molecule has 5 heteroatoms. The number of carbonyl (C=O) groups is 2. The Morgan fingerprint density at radius 3 is 2.74 bits per heavy atom. The van der Waals surface area contributed by atoms with E-state index in [9.17, 15) is 19.8 Å². The van der Waals surface area contributed by atoms with Crippen LogP contribution >= 0.6 is 0 Å². The van der Waals surface area contributed by atoms with Crippen LogP contribution in [0.5, 0.6) is 0 Å². The van der Waals surface area contributed by atoms with E-state index in [1.165, 1.54) is 5.57 Å². The standard InChI is InChI=1S/C22H29NO4/c1-20-8-6-14(23-3)10-13(20)4-5-15-16-7-9-22(27,18(26)12-24)21(16,2)11-17(25)19(15)20/h6,8,10,15-16,19,24,27H,4-5,7,9,11-12H2,1-3H3/t15-,16-,19+,20-,21-,22-/m0/s1. The highest BCUT2D eigenvalue weighted by molar-refractivity contribution is 6.06. The largest absolute Gasteiger partial charge is 0.388 e. The molecule has 0 heterocycles. The fourth-order valence-corrected chi connectivity index (χ4v) is 6.77. The normalized spacial score (nSPS) is 47.3. The van der Waals surface area contributed by atoms with E-state index in [-0.39, 0.29) is 35.4 Å². The van der Waals surface area contributed by atoms with Crippen LogP contribution < -0.4 is 0 Å². The molecule has 0 aromatic rings. The second-order valence-electron chi connectivity index (χ2n) is 9.26. The molecule has 27 heavy (non-hydrogen) atoms. The van der Waals surface area contributed by atoms with Crippen molar-refractivity contribution in [2.75, 3.05) is 13.7 Å². The molecule has 0 spiro atoms. The zero-order valence-corrected chi connectivity index (χ0v) is 16.4. The number of allylic oxidation sites excluding steroid dienone is 4. The lowest BCUT2D eigenvalue weighted by molar-refractivity contribution is -0.168. The van der Waals surface area contributed by atoms with Crippen LogP contribution in [0.2, 0.25) is 0 Å². The topological polar surface area (TPSA) is 87.0 Å². The maximum absolute atomic E-state index is 13.4. The molecule has 0 aliphatic heterocycles. The van der Waals surface area contributed by atoms with Gasteiger partial charge in [0.25, 0.3) is 0 Å². The number of Topliss-reactive ketones (excluding diaryl/α,β-unsaturated/α-hetero) is 2. The predicted molar refractivity (Wildman–Crippen MR) is 102 cm³/mol. The molecule has 0 saturated heterocycles. The van der Waals surface area contributed by atoms with Crippen molar-refractivity contribution in [1.82, 2.24) is 0 Å². The summed E-state index contributed by atoms with van der Waals surface area (Å²) in [4.78, 5) is 30.1. The van der Waals surface area contributed by atoms with Crippen LogP contribution in [0.4, 0.5) is 0 Å². The molecule has 4 aliphatic rings. The van der Waals surface area contributed by atoms with Crippen molar-refractivity contribution in [2.24, 2.45) is 33.6 Å². The number of hydrogen-bond acceptors (Lipinski definition) is 5. The van der Waals surface area contributed by atoms with Crippen LogP contribution in [0.25, 0.3) is 0 Å². The fourth-order valence-electron chi connectivity index (χ4n) is 6.77. The molecule has 4 rings (SSSR count). The van der Waals surface area contributed by atoms with Gasteiger partial charge >= 0.3 is 0 Å². The first-order chi connectivity index (χ1) is 12.7. The maximum atomic E-state index is 13.4. The molecule has 146 valence electrons. The van der Waals surface area contributed by atoms with Gasteiger partial charge in [-0.3, -0.25) is 14.6 Å². The lowest BCUT2D eigenvalue weighted by Crippen LogP contribution is -2.60. The number of aliphatic hydroxyl groups excluding tert-OH is 1. The van der Waals surface area contributed by atoms with E-state index in [4.69, 9.17) is 0 Å². The summed E-state index contributed by atoms with van der Waals surface area (Å²) in [5.41, 5.74) is -0.468. The number of nitrogens with zero attached hydrogens (tertiary/aromatic N) is 1. The number of ketones is 2. The summed E-state index contributed by atoms with van der Waals surface area (Å²) in [6, 6.07) is 0. The molecular formula is C22H29NO4. The first kappa shape index (κ1) is 18.8. The lowest BCUT2D eigenvalue weighted by atomic mass is 9.46. The summed E-state index contributed by atoms with van der Waals surface area (Å²) < 4.78 is 0. The molecule has 4 aliphatic carbocycles. The number of aliphatic imine (C=N–C) groups is 1. The van der Waals surface area contributed by atoms with Gasteiger partial charge in [-0.1, -0.05) is 25.5 Å². The molecule has 0 radical (unpaired) electrons. The van der Waals surface area contributed by atoms with Crippen LogP contribution in [-0.4, -0.2) is 46.7 Å². The van der Waals surface area contributed by atoms with Gasteiger partial charge in [-0.25, -0.2) is 0 Å². The van der Waals surface area contributed by atoms with Crippen LogP contribution in [0.3, 0.4) is 0 Å². The molecule has 0 amide bonds. The molecule has 2 N–H and O–H groups in total. The summed E-state index contributed by atoms with van der Waals surface area (Å²) in [5, 5.41) is 20.6. The van der Waals surface area contributed by atoms with E-state index in [0.29, 0.717) is 6.42 Å². The van der Waals surface area contributed by atoms with Crippen LogP contribution in [0.15, 0.2) is 28.8 Å². The van der Waals surface area contributed by atoms with Crippen LogP contribution in [-0.2, 0) is 9.59 Å². The SMILES string of the molecule is CN=C1C=C[C@@]2(C)C(=C1)CC[C@@H]1[C@@H]2C(=O)C[C@@]2(C)[C@H]1CC[C@]2(O)C(=O)CO. The van der Waals surface area contributed by atoms with Crippen molar-refractivity contribution >= 4 is 17.3 Å². The van der Waals surface area contributed by atoms with Gasteiger partial charge in [-0.15, -0.1) is 0 Å². The average molecular weight is 371 g/mol. The van der Waals surface area contributed by atoms with Crippen molar-refractivity contribution in [3.8, 4) is 0 Å². The Bertz CT molecular complexity index is 796. The smallest absolute Gasteiger partial charge is 0.190 e. The van der Waals surface area contributed by atoms with E-state index in [1.807, 2.05) is 13.0 Å².